The average Bonchev–Trinajstić information content (AvgIpc) is 3.63. The number of ether oxygens (including phenoxy) is 1. The van der Waals surface area contributed by atoms with Crippen LogP contribution >= 0.6 is 0 Å². The van der Waals surface area contributed by atoms with Crippen molar-refractivity contribution in [3.63, 3.8) is 0 Å². The van der Waals surface area contributed by atoms with E-state index >= 15 is 0 Å². The van der Waals surface area contributed by atoms with Gasteiger partial charge in [0.15, 0.2) is 0 Å². The maximum atomic E-state index is 12.8. The molecule has 0 unspecified atom stereocenters. The van der Waals surface area contributed by atoms with Crippen molar-refractivity contribution in [3.05, 3.63) is 59.9 Å². The van der Waals surface area contributed by atoms with E-state index in [0.29, 0.717) is 31.0 Å². The number of rotatable bonds is 5. The summed E-state index contributed by atoms with van der Waals surface area (Å²) < 4.78 is 6.53. The Morgan fingerprint density at radius 3 is 2.58 bits per heavy atom. The Kier molecular flexibility index (Phi) is 5.38. The van der Waals surface area contributed by atoms with Crippen molar-refractivity contribution in [3.8, 4) is 5.75 Å². The second kappa shape index (κ2) is 8.33. The van der Waals surface area contributed by atoms with Crippen molar-refractivity contribution < 1.29 is 14.3 Å². The van der Waals surface area contributed by atoms with Crippen LogP contribution in [0.25, 0.3) is 0 Å². The number of nitrogens with one attached hydrogen (secondary N) is 1. The van der Waals surface area contributed by atoms with E-state index in [-0.39, 0.29) is 23.3 Å². The Morgan fingerprint density at radius 2 is 1.84 bits per heavy atom. The standard InChI is InChI=1S/C25H29N3O3/c29-23(27-17-18-5-6-18)15-20-16-25(31-22-4-2-1-3-21(20)22)9-13-28(14-10-25)24(30)19-7-11-26-12-8-19/h1-4,7-8,11-12,18,20H,5-6,9-10,13-17H2,(H,27,29)/t20-/m1/s1. The fourth-order valence-electron chi connectivity index (χ4n) is 4.90. The Hall–Kier alpha value is -2.89. The topological polar surface area (TPSA) is 71.5 Å². The molecule has 1 saturated carbocycles. The zero-order valence-electron chi connectivity index (χ0n) is 17.8. The Bertz CT molecular complexity index is 949. The molecule has 2 amide bonds. The van der Waals surface area contributed by atoms with Crippen molar-refractivity contribution in [2.75, 3.05) is 19.6 Å². The molecule has 0 bridgehead atoms. The molecule has 0 radical (unpaired) electrons. The third kappa shape index (κ3) is 4.43. The van der Waals surface area contributed by atoms with Gasteiger partial charge >= 0.3 is 0 Å². The van der Waals surface area contributed by atoms with E-state index in [1.807, 2.05) is 23.1 Å². The summed E-state index contributed by atoms with van der Waals surface area (Å²) >= 11 is 0. The van der Waals surface area contributed by atoms with Gasteiger partial charge in [-0.3, -0.25) is 14.6 Å². The van der Waals surface area contributed by atoms with Crippen molar-refractivity contribution in [2.24, 2.45) is 5.92 Å². The zero-order chi connectivity index (χ0) is 21.3. The van der Waals surface area contributed by atoms with Crippen LogP contribution in [0.2, 0.25) is 0 Å². The van der Waals surface area contributed by atoms with Crippen LogP contribution in [-0.4, -0.2) is 46.9 Å². The maximum Gasteiger partial charge on any atom is 0.253 e. The normalized spacial score (nSPS) is 21.8. The molecule has 162 valence electrons. The summed E-state index contributed by atoms with van der Waals surface area (Å²) in [6.07, 6.45) is 8.64. The highest BCUT2D eigenvalue weighted by molar-refractivity contribution is 5.94. The first kappa shape index (κ1) is 20.0. The first-order valence-electron chi connectivity index (χ1n) is 11.4. The summed E-state index contributed by atoms with van der Waals surface area (Å²) in [5.74, 6) is 1.90. The predicted molar refractivity (Wildman–Crippen MR) is 117 cm³/mol. The van der Waals surface area contributed by atoms with Crippen LogP contribution in [0.4, 0.5) is 0 Å². The summed E-state index contributed by atoms with van der Waals surface area (Å²) in [5, 5.41) is 3.12. The molecule has 1 aromatic carbocycles. The lowest BCUT2D eigenvalue weighted by molar-refractivity contribution is -0.122. The van der Waals surface area contributed by atoms with Gasteiger partial charge in [-0.2, -0.15) is 0 Å². The molecular weight excluding hydrogens is 390 g/mol. The lowest BCUT2D eigenvalue weighted by Gasteiger charge is -2.47. The third-order valence-corrected chi connectivity index (χ3v) is 6.91. The highest BCUT2D eigenvalue weighted by atomic mass is 16.5. The molecule has 1 atom stereocenters. The minimum Gasteiger partial charge on any atom is -0.487 e. The second-order valence-corrected chi connectivity index (χ2v) is 9.20. The van der Waals surface area contributed by atoms with Crippen LogP contribution < -0.4 is 10.1 Å². The summed E-state index contributed by atoms with van der Waals surface area (Å²) in [5.41, 5.74) is 1.49. The predicted octanol–water partition coefficient (Wildman–Crippen LogP) is 3.54. The molecule has 3 aliphatic rings. The van der Waals surface area contributed by atoms with Gasteiger partial charge in [0.1, 0.15) is 11.4 Å². The van der Waals surface area contributed by atoms with E-state index in [4.69, 9.17) is 4.74 Å². The fourth-order valence-corrected chi connectivity index (χ4v) is 4.90. The zero-order valence-corrected chi connectivity index (χ0v) is 17.8. The number of aromatic nitrogens is 1. The smallest absolute Gasteiger partial charge is 0.253 e. The van der Waals surface area contributed by atoms with Gasteiger partial charge in [0.25, 0.3) is 5.91 Å². The first-order chi connectivity index (χ1) is 15.1. The molecule has 1 aliphatic carbocycles. The van der Waals surface area contributed by atoms with E-state index in [1.54, 1.807) is 24.5 Å². The average molecular weight is 420 g/mol. The maximum absolute atomic E-state index is 12.8. The second-order valence-electron chi connectivity index (χ2n) is 9.20. The number of fused-ring (bicyclic) bond motifs is 1. The van der Waals surface area contributed by atoms with E-state index in [9.17, 15) is 9.59 Å². The van der Waals surface area contributed by atoms with Crippen molar-refractivity contribution in [1.29, 1.82) is 0 Å². The number of nitrogens with zero attached hydrogens (tertiary/aromatic N) is 2. The molecule has 6 heteroatoms. The number of amides is 2. The molecule has 3 heterocycles. The molecule has 2 aliphatic heterocycles. The molecule has 6 nitrogen and oxygen atoms in total. The van der Waals surface area contributed by atoms with Crippen molar-refractivity contribution in [2.45, 2.75) is 50.0 Å². The van der Waals surface area contributed by atoms with Gasteiger partial charge in [-0.1, -0.05) is 18.2 Å². The lowest BCUT2D eigenvalue weighted by Crippen LogP contribution is -2.52. The molecule has 2 fully saturated rings. The molecule has 1 aromatic heterocycles. The molecule has 1 saturated heterocycles. The van der Waals surface area contributed by atoms with E-state index in [1.165, 1.54) is 12.8 Å². The van der Waals surface area contributed by atoms with E-state index in [0.717, 1.165) is 37.1 Å². The van der Waals surface area contributed by atoms with Crippen molar-refractivity contribution in [1.82, 2.24) is 15.2 Å². The van der Waals surface area contributed by atoms with Crippen LogP contribution in [0.5, 0.6) is 5.75 Å². The minimum absolute atomic E-state index is 0.0458. The number of carbonyl (C=O) groups excluding carboxylic acids is 2. The third-order valence-electron chi connectivity index (χ3n) is 6.91. The van der Waals surface area contributed by atoms with E-state index < -0.39 is 0 Å². The van der Waals surface area contributed by atoms with Crippen molar-refractivity contribution >= 4 is 11.8 Å². The highest BCUT2D eigenvalue weighted by Crippen LogP contribution is 2.46. The number of carbonyl (C=O) groups is 2. The number of hydrogen-bond donors (Lipinski definition) is 1. The SMILES string of the molecule is O=C(C[C@@H]1CC2(CCN(C(=O)c3ccncc3)CC2)Oc2ccccc21)NCC1CC1. The fraction of sp³-hybridized carbons (Fsp3) is 0.480. The highest BCUT2D eigenvalue weighted by Gasteiger charge is 2.44. The lowest BCUT2D eigenvalue weighted by atomic mass is 9.76. The number of benzene rings is 1. The molecule has 2 aromatic rings. The molecule has 31 heavy (non-hydrogen) atoms. The van der Waals surface area contributed by atoms with Gasteiger partial charge in [0.2, 0.25) is 5.91 Å². The Labute approximate surface area is 183 Å². The summed E-state index contributed by atoms with van der Waals surface area (Å²) in [6, 6.07) is 11.6. The van der Waals surface area contributed by atoms with Gasteiger partial charge in [0, 0.05) is 62.8 Å². The molecule has 1 N–H and O–H groups in total. The largest absolute Gasteiger partial charge is 0.487 e. The van der Waals surface area contributed by atoms with Gasteiger partial charge in [-0.25, -0.2) is 0 Å². The summed E-state index contributed by atoms with van der Waals surface area (Å²) in [6.45, 7) is 2.12. The molecule has 1 spiro atoms. The summed E-state index contributed by atoms with van der Waals surface area (Å²) in [4.78, 5) is 31.3. The van der Waals surface area contributed by atoms with Crippen LogP contribution in [0, 0.1) is 5.92 Å². The van der Waals surface area contributed by atoms with E-state index in [2.05, 4.69) is 16.4 Å². The minimum atomic E-state index is -0.315. The first-order valence-corrected chi connectivity index (χ1v) is 11.4. The number of pyridine rings is 1. The van der Waals surface area contributed by atoms with Gasteiger partial charge in [-0.15, -0.1) is 0 Å². The number of piperidine rings is 1. The van der Waals surface area contributed by atoms with Gasteiger partial charge < -0.3 is 15.0 Å². The number of likely N-dealkylation sites (tertiary alicyclic amines) is 1. The van der Waals surface area contributed by atoms with Crippen LogP contribution in [0.15, 0.2) is 48.8 Å². The Balaban J connectivity index is 1.27. The van der Waals surface area contributed by atoms with Gasteiger partial charge in [-0.05, 0) is 48.9 Å². The quantitative estimate of drug-likeness (QED) is 0.805. The van der Waals surface area contributed by atoms with Gasteiger partial charge in [0.05, 0.1) is 0 Å². The number of hydrogen-bond acceptors (Lipinski definition) is 4. The monoisotopic (exact) mass is 419 g/mol. The molecule has 5 rings (SSSR count). The van der Waals surface area contributed by atoms with Crippen LogP contribution in [0.3, 0.4) is 0 Å². The van der Waals surface area contributed by atoms with Crippen LogP contribution in [-0.2, 0) is 4.79 Å². The number of para-hydroxylation sites is 1. The Morgan fingerprint density at radius 1 is 1.10 bits per heavy atom. The van der Waals surface area contributed by atoms with Crippen LogP contribution in [0.1, 0.15) is 60.4 Å². The molecular formula is C25H29N3O3. The summed E-state index contributed by atoms with van der Waals surface area (Å²) in [7, 11) is 0.